The molecule has 0 aliphatic carbocycles. The van der Waals surface area contributed by atoms with E-state index in [1.807, 2.05) is 79.3 Å². The van der Waals surface area contributed by atoms with E-state index in [1.165, 1.54) is 5.56 Å². The van der Waals surface area contributed by atoms with Crippen LogP contribution in [0.3, 0.4) is 0 Å². The molecule has 0 fully saturated rings. The molecule has 0 unspecified atom stereocenters. The van der Waals surface area contributed by atoms with Gasteiger partial charge in [0.05, 0.1) is 12.2 Å². The van der Waals surface area contributed by atoms with Crippen molar-refractivity contribution in [2.75, 3.05) is 30.9 Å². The average molecular weight is 402 g/mol. The van der Waals surface area contributed by atoms with Crippen LogP contribution in [0, 0.1) is 13.8 Å². The van der Waals surface area contributed by atoms with Gasteiger partial charge in [0.1, 0.15) is 5.82 Å². The zero-order chi connectivity index (χ0) is 21.3. The van der Waals surface area contributed by atoms with Gasteiger partial charge in [-0.3, -0.25) is 0 Å². The maximum atomic E-state index is 12.9. The molecule has 0 saturated carbocycles. The van der Waals surface area contributed by atoms with Crippen molar-refractivity contribution in [1.82, 2.24) is 14.9 Å². The molecule has 0 bridgehead atoms. The van der Waals surface area contributed by atoms with Crippen LogP contribution >= 0.6 is 0 Å². The molecule has 1 aliphatic rings. The molecule has 1 N–H and O–H groups in total. The second-order valence-electron chi connectivity index (χ2n) is 7.96. The largest absolute Gasteiger partial charge is 0.362 e. The summed E-state index contributed by atoms with van der Waals surface area (Å²) in [5, 5.41) is 3.03. The molecule has 1 aromatic heterocycles. The van der Waals surface area contributed by atoms with Crippen LogP contribution in [0.25, 0.3) is 11.4 Å². The molecular formula is C24H27N5O. The maximum Gasteiger partial charge on any atom is 0.322 e. The summed E-state index contributed by atoms with van der Waals surface area (Å²) < 4.78 is 0. The van der Waals surface area contributed by atoms with Crippen molar-refractivity contribution in [3.8, 4) is 11.4 Å². The molecule has 2 aromatic carbocycles. The number of carbonyl (C=O) groups excluding carboxylic acids is 1. The number of carbonyl (C=O) groups is 1. The number of hydrogen-bond acceptors (Lipinski definition) is 4. The Hall–Kier alpha value is -3.41. The third-order valence-corrected chi connectivity index (χ3v) is 5.54. The van der Waals surface area contributed by atoms with E-state index in [1.54, 1.807) is 0 Å². The molecule has 6 heteroatoms. The van der Waals surface area contributed by atoms with Gasteiger partial charge in [0, 0.05) is 43.9 Å². The van der Waals surface area contributed by atoms with E-state index >= 15 is 0 Å². The molecule has 0 radical (unpaired) electrons. The lowest BCUT2D eigenvalue weighted by Gasteiger charge is -2.31. The van der Waals surface area contributed by atoms with Crippen molar-refractivity contribution in [2.45, 2.75) is 26.8 Å². The van der Waals surface area contributed by atoms with Crippen LogP contribution < -0.4 is 10.2 Å². The van der Waals surface area contributed by atoms with Gasteiger partial charge in [-0.1, -0.05) is 36.4 Å². The number of rotatable bonds is 3. The Morgan fingerprint density at radius 2 is 1.80 bits per heavy atom. The van der Waals surface area contributed by atoms with Gasteiger partial charge in [0.2, 0.25) is 0 Å². The second kappa shape index (κ2) is 8.14. The summed E-state index contributed by atoms with van der Waals surface area (Å²) in [4.78, 5) is 26.4. The highest BCUT2D eigenvalue weighted by atomic mass is 16.2. The van der Waals surface area contributed by atoms with Crippen LogP contribution in [0.5, 0.6) is 0 Å². The summed E-state index contributed by atoms with van der Waals surface area (Å²) in [6.45, 7) is 5.23. The SMILES string of the molecule is Cc1ccc(NC(=O)N2CCc3nc(-c4ccccc4)nc(N(C)C)c3C2)cc1C. The highest BCUT2D eigenvalue weighted by molar-refractivity contribution is 5.89. The smallest absolute Gasteiger partial charge is 0.322 e. The Bertz CT molecular complexity index is 1080. The van der Waals surface area contributed by atoms with E-state index in [2.05, 4.69) is 12.2 Å². The van der Waals surface area contributed by atoms with Gasteiger partial charge in [-0.25, -0.2) is 14.8 Å². The first kappa shape index (κ1) is 19.9. The maximum absolute atomic E-state index is 12.9. The molecular weight excluding hydrogens is 374 g/mol. The minimum atomic E-state index is -0.0965. The van der Waals surface area contributed by atoms with Gasteiger partial charge < -0.3 is 15.1 Å². The molecule has 0 spiro atoms. The fourth-order valence-corrected chi connectivity index (χ4v) is 3.68. The third kappa shape index (κ3) is 3.99. The molecule has 3 aromatic rings. The molecule has 2 amide bonds. The molecule has 30 heavy (non-hydrogen) atoms. The normalized spacial score (nSPS) is 13.0. The first-order valence-electron chi connectivity index (χ1n) is 10.2. The summed E-state index contributed by atoms with van der Waals surface area (Å²) >= 11 is 0. The molecule has 0 saturated heterocycles. The summed E-state index contributed by atoms with van der Waals surface area (Å²) in [6.07, 6.45) is 0.707. The Labute approximate surface area is 177 Å². The second-order valence-corrected chi connectivity index (χ2v) is 7.96. The van der Waals surface area contributed by atoms with Crippen LogP contribution in [0.1, 0.15) is 22.4 Å². The average Bonchev–Trinajstić information content (AvgIpc) is 2.75. The quantitative estimate of drug-likeness (QED) is 0.706. The van der Waals surface area contributed by atoms with E-state index in [4.69, 9.17) is 9.97 Å². The Balaban J connectivity index is 1.59. The predicted octanol–water partition coefficient (Wildman–Crippen LogP) is 4.42. The fraction of sp³-hybridized carbons (Fsp3) is 0.292. The van der Waals surface area contributed by atoms with Gasteiger partial charge in [0.25, 0.3) is 0 Å². The first-order valence-corrected chi connectivity index (χ1v) is 10.2. The summed E-state index contributed by atoms with van der Waals surface area (Å²) in [6, 6.07) is 15.9. The van der Waals surface area contributed by atoms with Crippen molar-refractivity contribution in [1.29, 1.82) is 0 Å². The molecule has 6 nitrogen and oxygen atoms in total. The number of urea groups is 1. The Morgan fingerprint density at radius 3 is 2.50 bits per heavy atom. The Morgan fingerprint density at radius 1 is 1.03 bits per heavy atom. The number of nitrogens with one attached hydrogen (secondary N) is 1. The highest BCUT2D eigenvalue weighted by Crippen LogP contribution is 2.29. The van der Waals surface area contributed by atoms with Crippen LogP contribution in [-0.4, -0.2) is 41.5 Å². The number of amides is 2. The van der Waals surface area contributed by atoms with Gasteiger partial charge in [-0.15, -0.1) is 0 Å². The van der Waals surface area contributed by atoms with Crippen molar-refractivity contribution in [3.05, 3.63) is 70.9 Å². The topological polar surface area (TPSA) is 61.4 Å². The fourth-order valence-electron chi connectivity index (χ4n) is 3.68. The van der Waals surface area contributed by atoms with Gasteiger partial charge in [-0.2, -0.15) is 0 Å². The van der Waals surface area contributed by atoms with E-state index in [9.17, 15) is 4.79 Å². The predicted molar refractivity (Wildman–Crippen MR) is 121 cm³/mol. The number of benzene rings is 2. The minimum absolute atomic E-state index is 0.0965. The van der Waals surface area contributed by atoms with Gasteiger partial charge in [0.15, 0.2) is 5.82 Å². The van der Waals surface area contributed by atoms with E-state index in [-0.39, 0.29) is 6.03 Å². The number of nitrogens with zero attached hydrogens (tertiary/aromatic N) is 4. The zero-order valence-corrected chi connectivity index (χ0v) is 17.9. The number of fused-ring (bicyclic) bond motifs is 1. The van der Waals surface area contributed by atoms with Crippen molar-refractivity contribution >= 4 is 17.5 Å². The Kier molecular flexibility index (Phi) is 5.40. The van der Waals surface area contributed by atoms with Crippen LogP contribution in [-0.2, 0) is 13.0 Å². The van der Waals surface area contributed by atoms with Crippen molar-refractivity contribution in [2.24, 2.45) is 0 Å². The summed E-state index contributed by atoms with van der Waals surface area (Å²) in [5.41, 5.74) is 6.22. The summed E-state index contributed by atoms with van der Waals surface area (Å²) in [5.74, 6) is 1.59. The highest BCUT2D eigenvalue weighted by Gasteiger charge is 2.26. The molecule has 2 heterocycles. The molecule has 154 valence electrons. The zero-order valence-electron chi connectivity index (χ0n) is 17.9. The van der Waals surface area contributed by atoms with Crippen molar-refractivity contribution in [3.63, 3.8) is 0 Å². The van der Waals surface area contributed by atoms with E-state index in [0.717, 1.165) is 39.7 Å². The number of anilines is 2. The van der Waals surface area contributed by atoms with Crippen LogP contribution in [0.2, 0.25) is 0 Å². The minimum Gasteiger partial charge on any atom is -0.362 e. The van der Waals surface area contributed by atoms with Gasteiger partial charge in [-0.05, 0) is 37.1 Å². The lowest BCUT2D eigenvalue weighted by Crippen LogP contribution is -2.40. The lowest BCUT2D eigenvalue weighted by atomic mass is 10.0. The molecule has 1 aliphatic heterocycles. The number of hydrogen-bond donors (Lipinski definition) is 1. The van der Waals surface area contributed by atoms with E-state index < -0.39 is 0 Å². The molecule has 0 atom stereocenters. The first-order chi connectivity index (χ1) is 14.4. The van der Waals surface area contributed by atoms with E-state index in [0.29, 0.717) is 19.5 Å². The summed E-state index contributed by atoms with van der Waals surface area (Å²) in [7, 11) is 3.96. The van der Waals surface area contributed by atoms with Gasteiger partial charge >= 0.3 is 6.03 Å². The standard InChI is InChI=1S/C24H27N5O/c1-16-10-11-19(14-17(16)2)25-24(30)29-13-12-21-20(15-29)23(28(3)4)27-22(26-21)18-8-6-5-7-9-18/h5-11,14H,12-13,15H2,1-4H3,(H,25,30). The van der Waals surface area contributed by atoms with Crippen LogP contribution in [0.4, 0.5) is 16.3 Å². The van der Waals surface area contributed by atoms with Crippen LogP contribution in [0.15, 0.2) is 48.5 Å². The van der Waals surface area contributed by atoms with Crippen molar-refractivity contribution < 1.29 is 4.79 Å². The third-order valence-electron chi connectivity index (χ3n) is 5.54. The molecule has 4 rings (SSSR count). The number of aromatic nitrogens is 2. The monoisotopic (exact) mass is 401 g/mol. The lowest BCUT2D eigenvalue weighted by molar-refractivity contribution is 0.206. The number of aryl methyl sites for hydroxylation is 2.